The third kappa shape index (κ3) is 3.73. The molecular weight excluding hydrogens is 256 g/mol. The number of morpholine rings is 1. The Morgan fingerprint density at radius 2 is 2.22 bits per heavy atom. The van der Waals surface area contributed by atoms with Gasteiger partial charge in [0.25, 0.3) is 5.91 Å². The van der Waals surface area contributed by atoms with Gasteiger partial charge in [-0.2, -0.15) is 0 Å². The van der Waals surface area contributed by atoms with E-state index in [0.29, 0.717) is 0 Å². The lowest BCUT2D eigenvalue weighted by Gasteiger charge is -2.29. The van der Waals surface area contributed by atoms with Crippen LogP contribution in [0.3, 0.4) is 0 Å². The molecule has 1 fully saturated rings. The maximum Gasteiger partial charge on any atom is 0.287 e. The first-order chi connectivity index (χ1) is 8.65. The number of carbonyl (C=O) groups excluding carboxylic acids is 1. The lowest BCUT2D eigenvalue weighted by Crippen LogP contribution is -2.45. The Balaban J connectivity index is 1.79. The van der Waals surface area contributed by atoms with E-state index in [-0.39, 0.29) is 22.9 Å². The van der Waals surface area contributed by atoms with Crippen LogP contribution in [0, 0.1) is 0 Å². The summed E-state index contributed by atoms with van der Waals surface area (Å²) in [7, 11) is 0. The van der Waals surface area contributed by atoms with Gasteiger partial charge in [0.05, 0.1) is 13.2 Å². The molecule has 0 spiro atoms. The van der Waals surface area contributed by atoms with Crippen LogP contribution < -0.4 is 5.32 Å². The van der Waals surface area contributed by atoms with E-state index >= 15 is 0 Å². The summed E-state index contributed by atoms with van der Waals surface area (Å²) >= 11 is 5.63. The molecule has 1 N–H and O–H groups in total. The van der Waals surface area contributed by atoms with Crippen LogP contribution in [0.1, 0.15) is 17.5 Å². The van der Waals surface area contributed by atoms with Crippen molar-refractivity contribution in [1.29, 1.82) is 0 Å². The van der Waals surface area contributed by atoms with Crippen LogP contribution in [0.2, 0.25) is 5.22 Å². The Morgan fingerprint density at radius 3 is 2.83 bits per heavy atom. The predicted molar refractivity (Wildman–Crippen MR) is 67.9 cm³/mol. The molecule has 0 aromatic carbocycles. The largest absolute Gasteiger partial charge is 0.440 e. The average Bonchev–Trinajstić information content (AvgIpc) is 2.77. The van der Waals surface area contributed by atoms with Crippen molar-refractivity contribution in [1.82, 2.24) is 10.2 Å². The minimum atomic E-state index is -0.234. The summed E-state index contributed by atoms with van der Waals surface area (Å²) in [5.74, 6) is 0.0106. The van der Waals surface area contributed by atoms with E-state index in [1.807, 2.05) is 6.92 Å². The Labute approximate surface area is 111 Å². The topological polar surface area (TPSA) is 54.7 Å². The Morgan fingerprint density at radius 1 is 1.50 bits per heavy atom. The number of halogens is 1. The van der Waals surface area contributed by atoms with Crippen molar-refractivity contribution in [2.24, 2.45) is 0 Å². The van der Waals surface area contributed by atoms with Gasteiger partial charge in [0, 0.05) is 25.7 Å². The van der Waals surface area contributed by atoms with Crippen molar-refractivity contribution >= 4 is 17.5 Å². The normalized spacial score (nSPS) is 18.6. The van der Waals surface area contributed by atoms with Crippen LogP contribution in [0.15, 0.2) is 16.5 Å². The molecule has 18 heavy (non-hydrogen) atoms. The summed E-state index contributed by atoms with van der Waals surface area (Å²) in [5, 5.41) is 3.11. The minimum Gasteiger partial charge on any atom is -0.440 e. The van der Waals surface area contributed by atoms with Crippen LogP contribution in [0.25, 0.3) is 0 Å². The summed E-state index contributed by atoms with van der Waals surface area (Å²) in [5.41, 5.74) is 0. The van der Waals surface area contributed by atoms with Gasteiger partial charge in [0.15, 0.2) is 11.0 Å². The number of nitrogens with one attached hydrogen (secondary N) is 1. The predicted octanol–water partition coefficient (Wildman–Crippen LogP) is 1.38. The number of hydrogen-bond acceptors (Lipinski definition) is 4. The lowest BCUT2D eigenvalue weighted by molar-refractivity contribution is 0.0341. The number of furan rings is 1. The van der Waals surface area contributed by atoms with Gasteiger partial charge in [-0.3, -0.25) is 9.69 Å². The van der Waals surface area contributed by atoms with Crippen LogP contribution >= 0.6 is 11.6 Å². The molecule has 2 heterocycles. The fourth-order valence-electron chi connectivity index (χ4n) is 1.95. The van der Waals surface area contributed by atoms with E-state index in [0.717, 1.165) is 32.8 Å². The van der Waals surface area contributed by atoms with Gasteiger partial charge in [-0.25, -0.2) is 0 Å². The number of amides is 1. The molecule has 1 amide bonds. The third-order valence-electron chi connectivity index (χ3n) is 2.81. The maximum atomic E-state index is 11.8. The van der Waals surface area contributed by atoms with Gasteiger partial charge in [-0.15, -0.1) is 0 Å². The van der Waals surface area contributed by atoms with Gasteiger partial charge in [0.1, 0.15) is 0 Å². The zero-order valence-corrected chi connectivity index (χ0v) is 11.1. The Bertz CT molecular complexity index is 402. The second kappa shape index (κ2) is 6.22. The number of ether oxygens (including phenoxy) is 1. The monoisotopic (exact) mass is 272 g/mol. The van der Waals surface area contributed by atoms with E-state index < -0.39 is 0 Å². The molecule has 0 aliphatic carbocycles. The fraction of sp³-hybridized carbons (Fsp3) is 0.583. The highest BCUT2D eigenvalue weighted by Gasteiger charge is 2.17. The number of hydrogen-bond donors (Lipinski definition) is 1. The van der Waals surface area contributed by atoms with Crippen molar-refractivity contribution in [2.45, 2.75) is 13.0 Å². The summed E-state index contributed by atoms with van der Waals surface area (Å²) < 4.78 is 10.3. The molecule has 1 saturated heterocycles. The molecule has 0 unspecified atom stereocenters. The zero-order valence-electron chi connectivity index (χ0n) is 10.3. The lowest BCUT2D eigenvalue weighted by atomic mass is 10.2. The molecule has 1 aliphatic rings. The second-order valence-corrected chi connectivity index (χ2v) is 4.76. The molecule has 1 aromatic rings. The first-order valence-corrected chi connectivity index (χ1v) is 6.39. The zero-order chi connectivity index (χ0) is 13.0. The SMILES string of the molecule is C[C@@H](CN1CCOCC1)NC(=O)c1ccc(Cl)o1. The maximum absolute atomic E-state index is 11.8. The second-order valence-electron chi connectivity index (χ2n) is 4.39. The first-order valence-electron chi connectivity index (χ1n) is 6.01. The molecule has 2 rings (SSSR count). The van der Waals surface area contributed by atoms with Crippen LogP contribution in [0.4, 0.5) is 0 Å². The highest BCUT2D eigenvalue weighted by atomic mass is 35.5. The molecule has 1 aromatic heterocycles. The van der Waals surface area contributed by atoms with Crippen LogP contribution in [-0.2, 0) is 4.74 Å². The van der Waals surface area contributed by atoms with E-state index in [4.69, 9.17) is 20.8 Å². The molecule has 0 saturated carbocycles. The van der Waals surface area contributed by atoms with Gasteiger partial charge in [-0.1, -0.05) is 0 Å². The molecule has 1 atom stereocenters. The van der Waals surface area contributed by atoms with E-state index in [1.165, 1.54) is 0 Å². The molecule has 0 radical (unpaired) electrons. The number of rotatable bonds is 4. The highest BCUT2D eigenvalue weighted by Crippen LogP contribution is 2.13. The van der Waals surface area contributed by atoms with Crippen molar-refractivity contribution in [3.63, 3.8) is 0 Å². The van der Waals surface area contributed by atoms with Gasteiger partial charge in [0.2, 0.25) is 0 Å². The van der Waals surface area contributed by atoms with Gasteiger partial charge < -0.3 is 14.5 Å². The number of nitrogens with zero attached hydrogens (tertiary/aromatic N) is 1. The van der Waals surface area contributed by atoms with E-state index in [1.54, 1.807) is 12.1 Å². The third-order valence-corrected chi connectivity index (χ3v) is 3.01. The summed E-state index contributed by atoms with van der Waals surface area (Å²) in [6.45, 7) is 6.12. The minimum absolute atomic E-state index is 0.0551. The Kier molecular flexibility index (Phi) is 4.63. The highest BCUT2D eigenvalue weighted by molar-refractivity contribution is 6.29. The first kappa shape index (κ1) is 13.4. The Hall–Kier alpha value is -1.04. The van der Waals surface area contributed by atoms with Crippen molar-refractivity contribution < 1.29 is 13.9 Å². The van der Waals surface area contributed by atoms with Crippen molar-refractivity contribution in [3.05, 3.63) is 23.1 Å². The van der Waals surface area contributed by atoms with Crippen molar-refractivity contribution in [2.75, 3.05) is 32.8 Å². The van der Waals surface area contributed by atoms with Crippen LogP contribution in [0.5, 0.6) is 0 Å². The number of carbonyl (C=O) groups is 1. The van der Waals surface area contributed by atoms with Gasteiger partial charge in [-0.05, 0) is 30.7 Å². The summed E-state index contributed by atoms with van der Waals surface area (Å²) in [4.78, 5) is 14.1. The standard InChI is InChI=1S/C12H17ClN2O3/c1-9(8-15-4-6-17-7-5-15)14-12(16)10-2-3-11(13)18-10/h2-3,9H,4-8H2,1H3,(H,14,16)/t9-/m0/s1. The van der Waals surface area contributed by atoms with Crippen LogP contribution in [-0.4, -0.2) is 49.7 Å². The summed E-state index contributed by atoms with van der Waals surface area (Å²) in [6, 6.07) is 3.18. The molecule has 6 heteroatoms. The quantitative estimate of drug-likeness (QED) is 0.900. The van der Waals surface area contributed by atoms with E-state index in [9.17, 15) is 4.79 Å². The molecule has 1 aliphatic heterocycles. The molecular formula is C12H17ClN2O3. The van der Waals surface area contributed by atoms with Crippen molar-refractivity contribution in [3.8, 4) is 0 Å². The van der Waals surface area contributed by atoms with E-state index in [2.05, 4.69) is 10.2 Å². The molecule has 0 bridgehead atoms. The average molecular weight is 273 g/mol. The molecule has 100 valence electrons. The fourth-order valence-corrected chi connectivity index (χ4v) is 2.09. The van der Waals surface area contributed by atoms with Gasteiger partial charge >= 0.3 is 0 Å². The summed E-state index contributed by atoms with van der Waals surface area (Å²) in [6.07, 6.45) is 0. The molecule has 5 nitrogen and oxygen atoms in total. The smallest absolute Gasteiger partial charge is 0.287 e.